The molecule has 126 valence electrons. The lowest BCUT2D eigenvalue weighted by atomic mass is 10.2. The van der Waals surface area contributed by atoms with E-state index in [1.807, 2.05) is 55.5 Å². The highest BCUT2D eigenvalue weighted by molar-refractivity contribution is 5.92. The van der Waals surface area contributed by atoms with Gasteiger partial charge in [0, 0.05) is 22.5 Å². The van der Waals surface area contributed by atoms with Crippen LogP contribution in [0.4, 0.5) is 0 Å². The summed E-state index contributed by atoms with van der Waals surface area (Å²) < 4.78 is 2.12. The van der Waals surface area contributed by atoms with Crippen LogP contribution in [0.3, 0.4) is 0 Å². The van der Waals surface area contributed by atoms with Gasteiger partial charge >= 0.3 is 0 Å². The SMILES string of the molecule is C=C(C)C(=O)NCc1nc(-c2ccccc2)n(-c2ccccc2)c1C. The van der Waals surface area contributed by atoms with Gasteiger partial charge in [-0.25, -0.2) is 4.98 Å². The largest absolute Gasteiger partial charge is 0.347 e. The van der Waals surface area contributed by atoms with Crippen LogP contribution in [0.1, 0.15) is 18.3 Å². The number of hydrogen-bond acceptors (Lipinski definition) is 2. The Morgan fingerprint density at radius 2 is 1.68 bits per heavy atom. The second-order valence-corrected chi connectivity index (χ2v) is 5.97. The van der Waals surface area contributed by atoms with Crippen molar-refractivity contribution in [2.75, 3.05) is 0 Å². The predicted molar refractivity (Wildman–Crippen MR) is 100 cm³/mol. The van der Waals surface area contributed by atoms with Crippen LogP contribution in [-0.2, 0) is 11.3 Å². The molecule has 4 nitrogen and oxygen atoms in total. The lowest BCUT2D eigenvalue weighted by Gasteiger charge is -2.10. The summed E-state index contributed by atoms with van der Waals surface area (Å²) in [5.74, 6) is 0.707. The normalized spacial score (nSPS) is 10.5. The molecule has 2 aromatic carbocycles. The van der Waals surface area contributed by atoms with Gasteiger partial charge in [-0.3, -0.25) is 9.36 Å². The van der Waals surface area contributed by atoms with Crippen molar-refractivity contribution in [3.05, 3.63) is 84.2 Å². The van der Waals surface area contributed by atoms with E-state index >= 15 is 0 Å². The minimum Gasteiger partial charge on any atom is -0.347 e. The minimum absolute atomic E-state index is 0.157. The summed E-state index contributed by atoms with van der Waals surface area (Å²) in [6.45, 7) is 7.76. The van der Waals surface area contributed by atoms with E-state index in [1.54, 1.807) is 6.92 Å². The van der Waals surface area contributed by atoms with Gasteiger partial charge in [0.1, 0.15) is 5.82 Å². The molecule has 1 N–H and O–H groups in total. The average Bonchev–Trinajstić information content (AvgIpc) is 2.97. The summed E-state index contributed by atoms with van der Waals surface area (Å²) in [7, 11) is 0. The molecule has 0 saturated carbocycles. The number of carbonyl (C=O) groups excluding carboxylic acids is 1. The lowest BCUT2D eigenvalue weighted by Crippen LogP contribution is -2.23. The second-order valence-electron chi connectivity index (χ2n) is 5.97. The summed E-state index contributed by atoms with van der Waals surface area (Å²) >= 11 is 0. The summed E-state index contributed by atoms with van der Waals surface area (Å²) in [4.78, 5) is 16.6. The van der Waals surface area contributed by atoms with E-state index in [0.717, 1.165) is 28.5 Å². The summed E-state index contributed by atoms with van der Waals surface area (Å²) in [5, 5.41) is 2.87. The highest BCUT2D eigenvalue weighted by Gasteiger charge is 2.17. The zero-order chi connectivity index (χ0) is 17.8. The molecule has 0 spiro atoms. The van der Waals surface area contributed by atoms with E-state index in [-0.39, 0.29) is 5.91 Å². The van der Waals surface area contributed by atoms with Crippen LogP contribution < -0.4 is 5.32 Å². The van der Waals surface area contributed by atoms with Crippen LogP contribution in [0, 0.1) is 6.92 Å². The van der Waals surface area contributed by atoms with E-state index in [9.17, 15) is 4.79 Å². The number of hydrogen-bond donors (Lipinski definition) is 1. The van der Waals surface area contributed by atoms with Gasteiger partial charge in [0.2, 0.25) is 5.91 Å². The Morgan fingerprint density at radius 3 is 2.28 bits per heavy atom. The van der Waals surface area contributed by atoms with Crippen LogP contribution in [0.2, 0.25) is 0 Å². The summed E-state index contributed by atoms with van der Waals surface area (Å²) in [6, 6.07) is 20.2. The molecule has 1 heterocycles. The van der Waals surface area contributed by atoms with Crippen molar-refractivity contribution in [2.24, 2.45) is 0 Å². The van der Waals surface area contributed by atoms with Gasteiger partial charge < -0.3 is 5.32 Å². The van der Waals surface area contributed by atoms with Gasteiger partial charge in [0.15, 0.2) is 0 Å². The van der Waals surface area contributed by atoms with E-state index in [2.05, 4.69) is 28.6 Å². The van der Waals surface area contributed by atoms with Crippen molar-refractivity contribution in [1.29, 1.82) is 0 Å². The maximum Gasteiger partial charge on any atom is 0.246 e. The van der Waals surface area contributed by atoms with Crippen LogP contribution in [0.25, 0.3) is 17.1 Å². The van der Waals surface area contributed by atoms with E-state index in [4.69, 9.17) is 4.98 Å². The Kier molecular flexibility index (Phi) is 4.80. The summed E-state index contributed by atoms with van der Waals surface area (Å²) in [6.07, 6.45) is 0. The molecule has 3 aromatic rings. The first-order chi connectivity index (χ1) is 12.1. The number of para-hydroxylation sites is 1. The quantitative estimate of drug-likeness (QED) is 0.717. The zero-order valence-corrected chi connectivity index (χ0v) is 14.5. The number of aromatic nitrogens is 2. The first kappa shape index (κ1) is 16.7. The smallest absolute Gasteiger partial charge is 0.246 e. The molecule has 4 heteroatoms. The Labute approximate surface area is 147 Å². The molecular formula is C21H21N3O. The van der Waals surface area contributed by atoms with Crippen molar-refractivity contribution in [3.8, 4) is 17.1 Å². The van der Waals surface area contributed by atoms with Gasteiger partial charge in [0.05, 0.1) is 12.2 Å². The van der Waals surface area contributed by atoms with Crippen molar-refractivity contribution in [1.82, 2.24) is 14.9 Å². The third kappa shape index (κ3) is 3.53. The number of nitrogens with zero attached hydrogens (tertiary/aromatic N) is 2. The lowest BCUT2D eigenvalue weighted by molar-refractivity contribution is -0.117. The fourth-order valence-corrected chi connectivity index (χ4v) is 2.70. The number of nitrogens with one attached hydrogen (secondary N) is 1. The third-order valence-corrected chi connectivity index (χ3v) is 4.06. The fourth-order valence-electron chi connectivity index (χ4n) is 2.70. The molecule has 0 aliphatic rings. The Morgan fingerprint density at radius 1 is 1.08 bits per heavy atom. The van der Waals surface area contributed by atoms with Crippen LogP contribution in [0.15, 0.2) is 72.8 Å². The molecule has 0 atom stereocenters. The maximum absolute atomic E-state index is 11.8. The first-order valence-electron chi connectivity index (χ1n) is 8.20. The Balaban J connectivity index is 2.06. The predicted octanol–water partition coefficient (Wildman–Crippen LogP) is 4.04. The summed E-state index contributed by atoms with van der Waals surface area (Å²) in [5.41, 5.74) is 4.42. The number of benzene rings is 2. The van der Waals surface area contributed by atoms with Crippen LogP contribution >= 0.6 is 0 Å². The first-order valence-corrected chi connectivity index (χ1v) is 8.20. The monoisotopic (exact) mass is 331 g/mol. The standard InChI is InChI=1S/C21H21N3O/c1-15(2)21(25)22-14-19-16(3)24(18-12-8-5-9-13-18)20(23-19)17-10-6-4-7-11-17/h4-13H,1,14H2,2-3H3,(H,22,25). The van der Waals surface area contributed by atoms with Crippen molar-refractivity contribution < 1.29 is 4.79 Å². The van der Waals surface area contributed by atoms with Gasteiger partial charge in [0.25, 0.3) is 0 Å². The van der Waals surface area contributed by atoms with Gasteiger partial charge in [-0.05, 0) is 26.0 Å². The van der Waals surface area contributed by atoms with E-state index in [0.29, 0.717) is 12.1 Å². The average molecular weight is 331 g/mol. The molecule has 1 aromatic heterocycles. The Bertz CT molecular complexity index is 896. The molecule has 0 aliphatic heterocycles. The van der Waals surface area contributed by atoms with Gasteiger partial charge in [-0.2, -0.15) is 0 Å². The van der Waals surface area contributed by atoms with Crippen LogP contribution in [-0.4, -0.2) is 15.5 Å². The van der Waals surface area contributed by atoms with E-state index in [1.165, 1.54) is 0 Å². The van der Waals surface area contributed by atoms with Gasteiger partial charge in [-0.1, -0.05) is 55.1 Å². The zero-order valence-electron chi connectivity index (χ0n) is 14.5. The molecule has 25 heavy (non-hydrogen) atoms. The molecule has 0 radical (unpaired) electrons. The number of amides is 1. The molecule has 3 rings (SSSR count). The van der Waals surface area contributed by atoms with Crippen molar-refractivity contribution in [3.63, 3.8) is 0 Å². The number of imidazole rings is 1. The van der Waals surface area contributed by atoms with E-state index < -0.39 is 0 Å². The minimum atomic E-state index is -0.157. The molecule has 0 unspecified atom stereocenters. The van der Waals surface area contributed by atoms with Gasteiger partial charge in [-0.15, -0.1) is 0 Å². The maximum atomic E-state index is 11.8. The molecule has 0 fully saturated rings. The molecule has 0 saturated heterocycles. The molecule has 0 aliphatic carbocycles. The van der Waals surface area contributed by atoms with Crippen molar-refractivity contribution in [2.45, 2.75) is 20.4 Å². The fraction of sp³-hybridized carbons (Fsp3) is 0.143. The highest BCUT2D eigenvalue weighted by atomic mass is 16.1. The number of carbonyl (C=O) groups is 1. The van der Waals surface area contributed by atoms with Crippen LogP contribution in [0.5, 0.6) is 0 Å². The van der Waals surface area contributed by atoms with Crippen molar-refractivity contribution >= 4 is 5.91 Å². The third-order valence-electron chi connectivity index (χ3n) is 4.06. The molecular weight excluding hydrogens is 310 g/mol. The molecule has 0 bridgehead atoms. The second kappa shape index (κ2) is 7.18. The topological polar surface area (TPSA) is 46.9 Å². The number of rotatable bonds is 5. The highest BCUT2D eigenvalue weighted by Crippen LogP contribution is 2.26. The molecule has 1 amide bonds. The Hall–Kier alpha value is -3.14.